The summed E-state index contributed by atoms with van der Waals surface area (Å²) < 4.78 is 41.9. The maximum Gasteiger partial charge on any atom is 0.569 e. The second kappa shape index (κ2) is 18.0. The van der Waals surface area contributed by atoms with Crippen LogP contribution in [0.1, 0.15) is 33.9 Å². The maximum absolute atomic E-state index is 13.1. The van der Waals surface area contributed by atoms with Crippen LogP contribution < -0.4 is 14.1 Å². The lowest BCUT2D eigenvalue weighted by atomic mass is 10.2. The molecule has 0 saturated carbocycles. The van der Waals surface area contributed by atoms with Crippen molar-refractivity contribution >= 4 is 7.69 Å². The largest absolute Gasteiger partial charge is 0.569 e. The van der Waals surface area contributed by atoms with Gasteiger partial charge in [0.1, 0.15) is 39.9 Å². The van der Waals surface area contributed by atoms with E-state index in [1.807, 2.05) is 50.2 Å². The van der Waals surface area contributed by atoms with Gasteiger partial charge >= 0.3 is 7.69 Å². The predicted molar refractivity (Wildman–Crippen MR) is 180 cm³/mol. The number of nitrogens with one attached hydrogen (secondary N) is 1. The fraction of sp³-hybridized carbons (Fsp3) is 0.111. The number of ether oxygens (including phenoxy) is 2. The van der Waals surface area contributed by atoms with Gasteiger partial charge in [-0.2, -0.15) is 0 Å². The number of aromatic nitrogens is 6. The summed E-state index contributed by atoms with van der Waals surface area (Å²) in [6, 6.07) is 22.6. The van der Waals surface area contributed by atoms with Gasteiger partial charge in [0.2, 0.25) is 11.8 Å². The Bertz CT molecular complexity index is 2050. The summed E-state index contributed by atoms with van der Waals surface area (Å²) in [5.74, 6) is 12.7. The van der Waals surface area contributed by atoms with Crippen molar-refractivity contribution in [2.45, 2.75) is 13.8 Å². The predicted octanol–water partition coefficient (Wildman–Crippen LogP) is 5.38. The van der Waals surface area contributed by atoms with E-state index in [0.717, 1.165) is 28.3 Å². The molecule has 0 spiro atoms. The van der Waals surface area contributed by atoms with Gasteiger partial charge in [0, 0.05) is 12.4 Å². The number of methoxy groups -OCH3 is 2. The Labute approximate surface area is 283 Å². The van der Waals surface area contributed by atoms with E-state index in [2.05, 4.69) is 53.6 Å². The van der Waals surface area contributed by atoms with E-state index in [4.69, 9.17) is 14.5 Å². The number of halogens is 2. The first-order valence-corrected chi connectivity index (χ1v) is 14.6. The van der Waals surface area contributed by atoms with Gasteiger partial charge in [-0.25, -0.2) is 23.4 Å². The van der Waals surface area contributed by atoms with E-state index in [0.29, 0.717) is 36.5 Å². The molecule has 49 heavy (non-hydrogen) atoms. The van der Waals surface area contributed by atoms with Crippen LogP contribution >= 0.6 is 0 Å². The highest BCUT2D eigenvalue weighted by Crippen LogP contribution is 2.23. The molecule has 0 bridgehead atoms. The smallest absolute Gasteiger partial charge is 0.537 e. The number of nitrogens with zero attached hydrogens (tertiary/aromatic N) is 5. The third kappa shape index (κ3) is 10.3. The van der Waals surface area contributed by atoms with E-state index >= 15 is 0 Å². The van der Waals surface area contributed by atoms with Gasteiger partial charge in [-0.05, 0) is 98.5 Å². The van der Waals surface area contributed by atoms with Crippen molar-refractivity contribution in [2.24, 2.45) is 0 Å². The minimum atomic E-state index is -0.328. The zero-order valence-electron chi connectivity index (χ0n) is 27.0. The molecule has 0 atom stereocenters. The Morgan fingerprint density at radius 1 is 0.714 bits per heavy atom. The molecule has 0 fully saturated rings. The van der Waals surface area contributed by atoms with Crippen LogP contribution in [0, 0.1) is 49.2 Å². The third-order valence-corrected chi connectivity index (χ3v) is 6.42. The highest BCUT2D eigenvalue weighted by molar-refractivity contribution is 6.17. The molecule has 4 heterocycles. The van der Waals surface area contributed by atoms with Gasteiger partial charge in [-0.15, -0.1) is 10.2 Å². The van der Waals surface area contributed by atoms with Gasteiger partial charge in [0.25, 0.3) is 0 Å². The molecule has 2 aromatic carbocycles. The Balaban J connectivity index is 0.000000180. The first-order valence-electron chi connectivity index (χ1n) is 14.6. The topological polar surface area (TPSA) is 120 Å². The molecule has 2 N–H and O–H groups in total. The van der Waals surface area contributed by atoms with Gasteiger partial charge in [-0.1, -0.05) is 24.0 Å². The number of benzene rings is 2. The average Bonchev–Trinajstić information content (AvgIpc) is 3.66. The van der Waals surface area contributed by atoms with Crippen molar-refractivity contribution in [3.63, 3.8) is 0 Å². The van der Waals surface area contributed by atoms with Crippen LogP contribution in [0.15, 0.2) is 97.3 Å². The molecule has 4 aromatic heterocycles. The SMILES string of the molecule is COc1n[nH]c(C)c1C#Cc1ccccn1.COc1nn(-c2ccc(F)cc2)c(C)c1C#Cc1ccccn1.O[B]Oc1ccc(F)cc1. The molecule has 6 aromatic rings. The molecule has 1 radical (unpaired) electrons. The van der Waals surface area contributed by atoms with Crippen LogP contribution in [-0.2, 0) is 0 Å². The van der Waals surface area contributed by atoms with Crippen molar-refractivity contribution in [3.05, 3.63) is 143 Å². The third-order valence-electron chi connectivity index (χ3n) is 6.42. The molecule has 10 nitrogen and oxygen atoms in total. The van der Waals surface area contributed by atoms with Crippen LogP contribution in [0.2, 0.25) is 0 Å². The van der Waals surface area contributed by atoms with Crippen LogP contribution in [0.4, 0.5) is 8.78 Å². The maximum atomic E-state index is 13.1. The highest BCUT2D eigenvalue weighted by Gasteiger charge is 2.15. The average molecular weight is 659 g/mol. The zero-order valence-corrected chi connectivity index (χ0v) is 27.0. The second-order valence-corrected chi connectivity index (χ2v) is 9.70. The number of H-pyrrole nitrogens is 1. The minimum absolute atomic E-state index is 0.291. The Kier molecular flexibility index (Phi) is 13.0. The number of rotatable bonds is 5. The number of aromatic amines is 1. The Morgan fingerprint density at radius 2 is 1.27 bits per heavy atom. The monoisotopic (exact) mass is 659 g/mol. The first kappa shape index (κ1) is 35.4. The lowest BCUT2D eigenvalue weighted by molar-refractivity contribution is 0.393. The molecule has 0 aliphatic heterocycles. The van der Waals surface area contributed by atoms with E-state index in [-0.39, 0.29) is 11.6 Å². The van der Waals surface area contributed by atoms with E-state index in [9.17, 15) is 8.78 Å². The number of hydrogen-bond acceptors (Lipinski definition) is 8. The molecule has 0 aliphatic carbocycles. The molecule has 6 rings (SSSR count). The van der Waals surface area contributed by atoms with Gasteiger partial charge in [0.05, 0.1) is 31.3 Å². The summed E-state index contributed by atoms with van der Waals surface area (Å²) in [5.41, 5.74) is 5.30. The van der Waals surface area contributed by atoms with E-state index in [1.54, 1.807) is 43.4 Å². The highest BCUT2D eigenvalue weighted by atomic mass is 19.1. The summed E-state index contributed by atoms with van der Waals surface area (Å²) in [4.78, 5) is 8.29. The molecule has 13 heteroatoms. The summed E-state index contributed by atoms with van der Waals surface area (Å²) in [6.45, 7) is 3.79. The quantitative estimate of drug-likeness (QED) is 0.187. The van der Waals surface area contributed by atoms with Crippen molar-refractivity contribution in [3.8, 4) is 46.9 Å². The summed E-state index contributed by atoms with van der Waals surface area (Å²) >= 11 is 0. The summed E-state index contributed by atoms with van der Waals surface area (Å²) in [7, 11) is 3.66. The van der Waals surface area contributed by atoms with Crippen molar-refractivity contribution < 1.29 is 27.9 Å². The number of hydrogen-bond donors (Lipinski definition) is 2. The molecule has 0 saturated heterocycles. The van der Waals surface area contributed by atoms with Gasteiger partial charge in [0.15, 0.2) is 0 Å². The van der Waals surface area contributed by atoms with Crippen LogP contribution in [-0.4, -0.2) is 56.9 Å². The first-order chi connectivity index (χ1) is 23.8. The lowest BCUT2D eigenvalue weighted by Crippen LogP contribution is -1.99. The van der Waals surface area contributed by atoms with Crippen molar-refractivity contribution in [1.82, 2.24) is 29.9 Å². The van der Waals surface area contributed by atoms with Crippen LogP contribution in [0.25, 0.3) is 5.69 Å². The minimum Gasteiger partial charge on any atom is -0.537 e. The summed E-state index contributed by atoms with van der Waals surface area (Å²) in [5, 5.41) is 19.3. The molecular formula is C36H30BF2N6O4. The summed E-state index contributed by atoms with van der Waals surface area (Å²) in [6.07, 6.45) is 3.40. The number of aryl methyl sites for hydroxylation is 1. The van der Waals surface area contributed by atoms with Crippen LogP contribution in [0.3, 0.4) is 0 Å². The van der Waals surface area contributed by atoms with E-state index in [1.165, 1.54) is 36.4 Å². The van der Waals surface area contributed by atoms with Gasteiger partial charge < -0.3 is 19.2 Å². The standard InChI is InChI=1S/C18H14FN3O.C12H11N3O.C6H5BFO2/c1-13-17(11-8-15-5-3-4-12-20-15)18(23-2)21-22(13)16-9-6-14(19)7-10-16;1-9-11(12(16-2)15-14-9)7-6-10-5-3-4-8-13-10;8-5-1-3-6(4-2-5)10-7-9/h3-7,9-10,12H,1-2H3;3-5,8H,1-2H3,(H,14,15);1-4,9H. The van der Waals surface area contributed by atoms with Crippen molar-refractivity contribution in [1.29, 1.82) is 0 Å². The normalized spacial score (nSPS) is 9.61. The Hall–Kier alpha value is -6.44. The van der Waals surface area contributed by atoms with Gasteiger partial charge in [-0.3, -0.25) is 5.10 Å². The van der Waals surface area contributed by atoms with E-state index < -0.39 is 0 Å². The Morgan fingerprint density at radius 3 is 1.78 bits per heavy atom. The van der Waals surface area contributed by atoms with Crippen LogP contribution in [0.5, 0.6) is 17.5 Å². The number of pyridine rings is 2. The lowest BCUT2D eigenvalue weighted by Gasteiger charge is -2.03. The zero-order chi connectivity index (χ0) is 35.0. The molecule has 0 unspecified atom stereocenters. The molecule has 0 aliphatic rings. The fourth-order valence-corrected chi connectivity index (χ4v) is 4.00. The fourth-order valence-electron chi connectivity index (χ4n) is 4.00. The molecule has 0 amide bonds. The second-order valence-electron chi connectivity index (χ2n) is 9.70. The molecular weight excluding hydrogens is 629 g/mol. The van der Waals surface area contributed by atoms with Crippen molar-refractivity contribution in [2.75, 3.05) is 14.2 Å². The molecule has 245 valence electrons.